The van der Waals surface area contributed by atoms with Crippen LogP contribution in [0.25, 0.3) is 0 Å². The smallest absolute Gasteiger partial charge is 0.334 e. The minimum atomic E-state index is -0.500. The summed E-state index contributed by atoms with van der Waals surface area (Å²) in [6.45, 7) is 0. The number of hydrogen-bond acceptors (Lipinski definition) is 6. The van der Waals surface area contributed by atoms with Gasteiger partial charge in [0.2, 0.25) is 11.6 Å². The topological polar surface area (TPSA) is 93.0 Å². The molecule has 0 saturated heterocycles. The summed E-state index contributed by atoms with van der Waals surface area (Å²) in [4.78, 5) is 19.0. The van der Waals surface area contributed by atoms with Crippen LogP contribution < -0.4 is 10.6 Å². The highest BCUT2D eigenvalue weighted by Crippen LogP contribution is 2.32. The highest BCUT2D eigenvalue weighted by Gasteiger charge is 2.23. The zero-order chi connectivity index (χ0) is 16.9. The van der Waals surface area contributed by atoms with Gasteiger partial charge in [0, 0.05) is 14.9 Å². The van der Waals surface area contributed by atoms with Gasteiger partial charge in [-0.3, -0.25) is 10.1 Å². The number of para-hydroxylation sites is 1. The highest BCUT2D eigenvalue weighted by molar-refractivity contribution is 14.1. The molecule has 8 heteroatoms. The highest BCUT2D eigenvalue weighted by atomic mass is 127. The van der Waals surface area contributed by atoms with E-state index in [0.29, 0.717) is 11.4 Å². The Morgan fingerprint density at radius 2 is 1.42 bits per heavy atom. The van der Waals surface area contributed by atoms with Crippen molar-refractivity contribution < 1.29 is 4.92 Å². The van der Waals surface area contributed by atoms with Crippen molar-refractivity contribution in [1.82, 2.24) is 9.97 Å². The summed E-state index contributed by atoms with van der Waals surface area (Å²) in [6, 6.07) is 16.6. The molecule has 0 atom stereocenters. The summed E-state index contributed by atoms with van der Waals surface area (Å²) in [5.74, 6) is 0.267. The number of benzene rings is 2. The largest absolute Gasteiger partial charge is 0.353 e. The van der Waals surface area contributed by atoms with Gasteiger partial charge >= 0.3 is 5.69 Å². The molecule has 2 N–H and O–H groups in total. The number of nitrogens with zero attached hydrogens (tertiary/aromatic N) is 3. The molecule has 0 unspecified atom stereocenters. The average Bonchev–Trinajstić information content (AvgIpc) is 2.58. The van der Waals surface area contributed by atoms with E-state index in [4.69, 9.17) is 0 Å². The molecular weight excluding hydrogens is 421 g/mol. The number of nitrogens with one attached hydrogen (secondary N) is 2. The van der Waals surface area contributed by atoms with Crippen LogP contribution in [0.2, 0.25) is 0 Å². The van der Waals surface area contributed by atoms with Crippen LogP contribution in [-0.2, 0) is 0 Å². The molecule has 0 spiro atoms. The predicted octanol–water partition coefficient (Wildman–Crippen LogP) is 4.48. The van der Waals surface area contributed by atoms with E-state index in [9.17, 15) is 10.1 Å². The van der Waals surface area contributed by atoms with E-state index in [0.717, 1.165) is 3.57 Å². The van der Waals surface area contributed by atoms with Crippen LogP contribution in [-0.4, -0.2) is 14.9 Å². The van der Waals surface area contributed by atoms with Gasteiger partial charge in [0.15, 0.2) is 0 Å². The Hall–Kier alpha value is -2.75. The summed E-state index contributed by atoms with van der Waals surface area (Å²) in [7, 11) is 0. The molecule has 0 bridgehead atoms. The lowest BCUT2D eigenvalue weighted by Gasteiger charge is -2.10. The van der Waals surface area contributed by atoms with Gasteiger partial charge in [0.05, 0.1) is 4.92 Å². The normalized spacial score (nSPS) is 10.2. The maximum Gasteiger partial charge on any atom is 0.353 e. The van der Waals surface area contributed by atoms with Crippen molar-refractivity contribution in [2.24, 2.45) is 0 Å². The molecule has 120 valence electrons. The van der Waals surface area contributed by atoms with Gasteiger partial charge in [-0.2, -0.15) is 0 Å². The Bertz CT molecular complexity index is 856. The molecule has 7 nitrogen and oxygen atoms in total. The van der Waals surface area contributed by atoms with E-state index in [1.54, 1.807) is 12.1 Å². The average molecular weight is 433 g/mol. The minimum Gasteiger partial charge on any atom is -0.334 e. The lowest BCUT2D eigenvalue weighted by Crippen LogP contribution is -2.05. The molecule has 3 rings (SSSR count). The van der Waals surface area contributed by atoms with Crippen molar-refractivity contribution in [3.63, 3.8) is 0 Å². The third-order valence-electron chi connectivity index (χ3n) is 3.15. The second-order valence-electron chi connectivity index (χ2n) is 4.80. The second-order valence-corrected chi connectivity index (χ2v) is 6.05. The van der Waals surface area contributed by atoms with E-state index < -0.39 is 4.92 Å². The van der Waals surface area contributed by atoms with E-state index in [2.05, 4.69) is 43.2 Å². The van der Waals surface area contributed by atoms with Gasteiger partial charge in [0.25, 0.3) is 0 Å². The Kier molecular flexibility index (Phi) is 4.85. The van der Waals surface area contributed by atoms with Gasteiger partial charge in [-0.15, -0.1) is 0 Å². The zero-order valence-corrected chi connectivity index (χ0v) is 14.5. The van der Waals surface area contributed by atoms with E-state index in [1.165, 1.54) is 6.33 Å². The Labute approximate surface area is 151 Å². The molecule has 0 amide bonds. The van der Waals surface area contributed by atoms with Crippen LogP contribution in [0, 0.1) is 13.7 Å². The molecule has 0 aliphatic carbocycles. The summed E-state index contributed by atoms with van der Waals surface area (Å²) < 4.78 is 1.07. The molecule has 0 aliphatic heterocycles. The quantitative estimate of drug-likeness (QED) is 0.350. The first kappa shape index (κ1) is 16.1. The molecule has 24 heavy (non-hydrogen) atoms. The van der Waals surface area contributed by atoms with Crippen LogP contribution in [0.4, 0.5) is 28.7 Å². The van der Waals surface area contributed by atoms with E-state index in [1.807, 2.05) is 42.5 Å². The molecular formula is C16H12IN5O2. The molecule has 0 radical (unpaired) electrons. The van der Waals surface area contributed by atoms with Crippen LogP contribution >= 0.6 is 22.6 Å². The minimum absolute atomic E-state index is 0.134. The number of aromatic nitrogens is 2. The number of nitro groups is 1. The summed E-state index contributed by atoms with van der Waals surface area (Å²) in [5, 5.41) is 17.4. The fraction of sp³-hybridized carbons (Fsp3) is 0. The Balaban J connectivity index is 1.96. The van der Waals surface area contributed by atoms with Gasteiger partial charge in [-0.1, -0.05) is 18.2 Å². The maximum absolute atomic E-state index is 11.5. The standard InChI is InChI=1S/C16H12IN5O2/c17-11-6-8-13(9-7-11)21-16-14(22(23)24)15(18-10-19-16)20-12-4-2-1-3-5-12/h1-10H,(H2,18,19,20,21). The summed E-state index contributed by atoms with van der Waals surface area (Å²) in [5.41, 5.74) is 1.21. The van der Waals surface area contributed by atoms with Gasteiger partial charge < -0.3 is 10.6 Å². The molecule has 0 aliphatic rings. The fourth-order valence-corrected chi connectivity index (χ4v) is 2.42. The number of halogens is 1. The first-order valence-electron chi connectivity index (χ1n) is 6.97. The third-order valence-corrected chi connectivity index (χ3v) is 3.87. The van der Waals surface area contributed by atoms with Crippen LogP contribution in [0.1, 0.15) is 0 Å². The van der Waals surface area contributed by atoms with E-state index >= 15 is 0 Å². The van der Waals surface area contributed by atoms with Crippen LogP contribution in [0.15, 0.2) is 60.9 Å². The van der Waals surface area contributed by atoms with E-state index in [-0.39, 0.29) is 17.3 Å². The van der Waals surface area contributed by atoms with Crippen molar-refractivity contribution >= 4 is 51.3 Å². The van der Waals surface area contributed by atoms with Crippen molar-refractivity contribution in [2.45, 2.75) is 0 Å². The molecule has 0 fully saturated rings. The van der Waals surface area contributed by atoms with Gasteiger partial charge in [-0.05, 0) is 59.0 Å². The first-order chi connectivity index (χ1) is 11.6. The van der Waals surface area contributed by atoms with Gasteiger partial charge in [0.1, 0.15) is 6.33 Å². The molecule has 0 saturated carbocycles. The Morgan fingerprint density at radius 1 is 0.875 bits per heavy atom. The number of rotatable bonds is 5. The van der Waals surface area contributed by atoms with Crippen molar-refractivity contribution in [2.75, 3.05) is 10.6 Å². The number of anilines is 4. The molecule has 3 aromatic rings. The predicted molar refractivity (Wildman–Crippen MR) is 101 cm³/mol. The molecule has 1 aromatic heterocycles. The lowest BCUT2D eigenvalue weighted by molar-refractivity contribution is -0.383. The summed E-state index contributed by atoms with van der Waals surface area (Å²) >= 11 is 2.19. The lowest BCUT2D eigenvalue weighted by atomic mass is 10.3. The van der Waals surface area contributed by atoms with Crippen LogP contribution in [0.5, 0.6) is 0 Å². The van der Waals surface area contributed by atoms with Crippen molar-refractivity contribution in [3.8, 4) is 0 Å². The first-order valence-corrected chi connectivity index (χ1v) is 8.05. The van der Waals surface area contributed by atoms with Crippen LogP contribution in [0.3, 0.4) is 0 Å². The van der Waals surface area contributed by atoms with Gasteiger partial charge in [-0.25, -0.2) is 9.97 Å². The summed E-state index contributed by atoms with van der Waals surface area (Å²) in [6.07, 6.45) is 1.29. The second kappa shape index (κ2) is 7.21. The van der Waals surface area contributed by atoms with Crippen molar-refractivity contribution in [1.29, 1.82) is 0 Å². The monoisotopic (exact) mass is 433 g/mol. The molecule has 2 aromatic carbocycles. The zero-order valence-electron chi connectivity index (χ0n) is 12.3. The SMILES string of the molecule is O=[N+]([O-])c1c(Nc2ccccc2)ncnc1Nc1ccc(I)cc1. The number of hydrogen-bond donors (Lipinski definition) is 2. The maximum atomic E-state index is 11.5. The molecule has 1 heterocycles. The third kappa shape index (κ3) is 3.77. The fourth-order valence-electron chi connectivity index (χ4n) is 2.06. The Morgan fingerprint density at radius 3 is 1.96 bits per heavy atom. The van der Waals surface area contributed by atoms with Crippen molar-refractivity contribution in [3.05, 3.63) is 74.6 Å².